The van der Waals surface area contributed by atoms with Crippen molar-refractivity contribution < 1.29 is 13.9 Å². The summed E-state index contributed by atoms with van der Waals surface area (Å²) in [6.07, 6.45) is 2.16. The van der Waals surface area contributed by atoms with Crippen LogP contribution in [0.25, 0.3) is 21.7 Å². The fourth-order valence-corrected chi connectivity index (χ4v) is 5.35. The van der Waals surface area contributed by atoms with Crippen LogP contribution in [-0.4, -0.2) is 30.7 Å². The molecule has 0 bridgehead atoms. The van der Waals surface area contributed by atoms with Crippen LogP contribution in [0.4, 0.5) is 0 Å². The van der Waals surface area contributed by atoms with E-state index in [0.717, 1.165) is 10.4 Å². The number of hydrogen-bond donors (Lipinski definition) is 1. The van der Waals surface area contributed by atoms with Gasteiger partial charge in [-0.1, -0.05) is 18.2 Å². The third-order valence-corrected chi connectivity index (χ3v) is 6.99. The van der Waals surface area contributed by atoms with Crippen LogP contribution < -0.4 is 10.9 Å². The number of hydrogen-bond acceptors (Lipinski definition) is 7. The SMILES string of the molecule is CC1(C)Cc2c(sc3nc4n(-c5ccccc5)c(C(=O)NCc5ccco5)nn4c(=O)c23)CO1. The van der Waals surface area contributed by atoms with Gasteiger partial charge < -0.3 is 14.5 Å². The Balaban J connectivity index is 1.55. The third-order valence-electron chi connectivity index (χ3n) is 5.89. The zero-order valence-electron chi connectivity index (χ0n) is 18.6. The largest absolute Gasteiger partial charge is 0.467 e. The van der Waals surface area contributed by atoms with Gasteiger partial charge in [0.2, 0.25) is 11.6 Å². The molecule has 0 radical (unpaired) electrons. The average Bonchev–Trinajstić information content (AvgIpc) is 3.55. The molecule has 172 valence electrons. The monoisotopic (exact) mass is 475 g/mol. The molecule has 0 aliphatic carbocycles. The van der Waals surface area contributed by atoms with Gasteiger partial charge in [0, 0.05) is 11.3 Å². The molecule has 5 heterocycles. The van der Waals surface area contributed by atoms with Crippen LogP contribution in [0.15, 0.2) is 57.9 Å². The van der Waals surface area contributed by atoms with E-state index in [1.807, 2.05) is 44.2 Å². The minimum Gasteiger partial charge on any atom is -0.467 e. The number of thiophene rings is 1. The number of furan rings is 1. The highest BCUT2D eigenvalue weighted by atomic mass is 32.1. The highest BCUT2D eigenvalue weighted by molar-refractivity contribution is 7.18. The minimum absolute atomic E-state index is 0.0672. The molecular weight excluding hydrogens is 454 g/mol. The zero-order valence-corrected chi connectivity index (χ0v) is 19.4. The first-order chi connectivity index (χ1) is 16.4. The van der Waals surface area contributed by atoms with Crippen molar-refractivity contribution in [1.29, 1.82) is 0 Å². The summed E-state index contributed by atoms with van der Waals surface area (Å²) in [7, 11) is 0. The summed E-state index contributed by atoms with van der Waals surface area (Å²) in [5, 5.41) is 7.80. The molecule has 5 aromatic rings. The number of nitrogens with one attached hydrogen (secondary N) is 1. The van der Waals surface area contributed by atoms with Crippen LogP contribution >= 0.6 is 11.3 Å². The third kappa shape index (κ3) is 3.34. The fraction of sp³-hybridized carbons (Fsp3) is 0.250. The van der Waals surface area contributed by atoms with Crippen molar-refractivity contribution in [2.75, 3.05) is 0 Å². The first kappa shape index (κ1) is 20.8. The summed E-state index contributed by atoms with van der Waals surface area (Å²) in [4.78, 5) is 33.3. The number of fused-ring (bicyclic) bond motifs is 4. The van der Waals surface area contributed by atoms with Crippen LogP contribution in [0.5, 0.6) is 0 Å². The van der Waals surface area contributed by atoms with Gasteiger partial charge >= 0.3 is 0 Å². The van der Waals surface area contributed by atoms with Crippen LogP contribution in [0.3, 0.4) is 0 Å². The minimum atomic E-state index is -0.440. The van der Waals surface area contributed by atoms with Crippen molar-refractivity contribution in [2.24, 2.45) is 0 Å². The van der Waals surface area contributed by atoms with Crippen molar-refractivity contribution in [3.05, 3.63) is 81.1 Å². The Hall–Kier alpha value is -3.76. The number of carbonyl (C=O) groups is 1. The highest BCUT2D eigenvalue weighted by Crippen LogP contribution is 2.37. The second-order valence-corrected chi connectivity index (χ2v) is 9.88. The van der Waals surface area contributed by atoms with Gasteiger partial charge in [-0.05, 0) is 43.7 Å². The molecule has 0 spiro atoms. The summed E-state index contributed by atoms with van der Waals surface area (Å²) >= 11 is 1.46. The molecule has 9 nitrogen and oxygen atoms in total. The Morgan fingerprint density at radius 1 is 1.21 bits per heavy atom. The van der Waals surface area contributed by atoms with Crippen LogP contribution in [0.2, 0.25) is 0 Å². The maximum absolute atomic E-state index is 13.7. The highest BCUT2D eigenvalue weighted by Gasteiger charge is 2.32. The number of para-hydroxylation sites is 1. The van der Waals surface area contributed by atoms with E-state index >= 15 is 0 Å². The summed E-state index contributed by atoms with van der Waals surface area (Å²) < 4.78 is 14.1. The summed E-state index contributed by atoms with van der Waals surface area (Å²) in [6, 6.07) is 12.8. The van der Waals surface area contributed by atoms with Gasteiger partial charge in [0.1, 0.15) is 10.6 Å². The normalized spacial score (nSPS) is 15.0. The number of amides is 1. The van der Waals surface area contributed by atoms with Crippen LogP contribution in [0, 0.1) is 0 Å². The summed E-state index contributed by atoms with van der Waals surface area (Å²) in [5.74, 6) is 0.524. The van der Waals surface area contributed by atoms with Gasteiger partial charge in [-0.3, -0.25) is 14.2 Å². The Morgan fingerprint density at radius 2 is 2.03 bits per heavy atom. The zero-order chi connectivity index (χ0) is 23.4. The van der Waals surface area contributed by atoms with E-state index in [9.17, 15) is 9.59 Å². The van der Waals surface area contributed by atoms with Crippen molar-refractivity contribution in [1.82, 2.24) is 24.5 Å². The predicted octanol–water partition coefficient (Wildman–Crippen LogP) is 3.47. The van der Waals surface area contributed by atoms with Crippen LogP contribution in [-0.2, 0) is 24.3 Å². The summed E-state index contributed by atoms with van der Waals surface area (Å²) in [6.45, 7) is 4.66. The van der Waals surface area contributed by atoms with E-state index in [2.05, 4.69) is 10.4 Å². The lowest BCUT2D eigenvalue weighted by Crippen LogP contribution is -2.31. The molecule has 1 aromatic carbocycles. The molecule has 0 saturated heterocycles. The molecule has 1 aliphatic heterocycles. The lowest BCUT2D eigenvalue weighted by molar-refractivity contribution is -0.0379. The summed E-state index contributed by atoms with van der Waals surface area (Å²) in [5.41, 5.74) is 0.983. The topological polar surface area (TPSA) is 104 Å². The van der Waals surface area contributed by atoms with E-state index < -0.39 is 5.91 Å². The van der Waals surface area contributed by atoms with E-state index in [1.165, 1.54) is 15.9 Å². The molecule has 0 saturated carbocycles. The van der Waals surface area contributed by atoms with Crippen LogP contribution in [0.1, 0.15) is 40.7 Å². The molecule has 1 aliphatic rings. The molecule has 6 rings (SSSR count). The van der Waals surface area contributed by atoms with E-state index in [1.54, 1.807) is 23.0 Å². The van der Waals surface area contributed by atoms with E-state index in [-0.39, 0.29) is 29.3 Å². The van der Waals surface area contributed by atoms with Gasteiger partial charge in [0.15, 0.2) is 0 Å². The number of carbonyl (C=O) groups excluding carboxylic acids is 1. The second-order valence-electron chi connectivity index (χ2n) is 8.79. The molecule has 1 N–H and O–H groups in total. The Morgan fingerprint density at radius 3 is 2.79 bits per heavy atom. The van der Waals surface area contributed by atoms with Crippen molar-refractivity contribution in [3.8, 4) is 5.69 Å². The average molecular weight is 476 g/mol. The van der Waals surface area contributed by atoms with Crippen molar-refractivity contribution in [3.63, 3.8) is 0 Å². The first-order valence-corrected chi connectivity index (χ1v) is 11.7. The number of aromatic nitrogens is 4. The van der Waals surface area contributed by atoms with Crippen molar-refractivity contribution in [2.45, 2.75) is 39.0 Å². The number of benzene rings is 1. The molecule has 1 amide bonds. The fourth-order valence-electron chi connectivity index (χ4n) is 4.26. The van der Waals surface area contributed by atoms with Gasteiger partial charge in [-0.2, -0.15) is 4.52 Å². The molecule has 0 fully saturated rings. The number of ether oxygens (including phenoxy) is 1. The Bertz CT molecular complexity index is 1600. The first-order valence-electron chi connectivity index (χ1n) is 10.9. The Kier molecular flexibility index (Phi) is 4.68. The number of rotatable bonds is 4. The molecule has 4 aromatic heterocycles. The van der Waals surface area contributed by atoms with Gasteiger partial charge in [-0.25, -0.2) is 4.98 Å². The quantitative estimate of drug-likeness (QED) is 0.427. The number of nitrogens with zero attached hydrogens (tertiary/aromatic N) is 4. The van der Waals surface area contributed by atoms with Gasteiger partial charge in [0.05, 0.1) is 36.1 Å². The Labute approximate surface area is 197 Å². The van der Waals surface area contributed by atoms with Crippen molar-refractivity contribution >= 4 is 33.2 Å². The molecule has 0 unspecified atom stereocenters. The molecular formula is C24H21N5O4S. The van der Waals surface area contributed by atoms with E-state index in [0.29, 0.717) is 34.7 Å². The maximum atomic E-state index is 13.7. The standard InChI is InChI=1S/C24H21N5O4S/c1-24(2)11-16-17(13-33-24)34-21-18(16)22(31)29-23(26-21)28(14-7-4-3-5-8-14)19(27-29)20(30)25-12-15-9-6-10-32-15/h3-10H,11-13H2,1-2H3,(H,25,30). The second kappa shape index (κ2) is 7.64. The van der Waals surface area contributed by atoms with Gasteiger partial charge in [0.25, 0.3) is 11.5 Å². The van der Waals surface area contributed by atoms with Gasteiger partial charge in [-0.15, -0.1) is 16.4 Å². The predicted molar refractivity (Wildman–Crippen MR) is 126 cm³/mol. The lowest BCUT2D eigenvalue weighted by Gasteiger charge is -2.29. The molecule has 0 atom stereocenters. The molecule has 34 heavy (non-hydrogen) atoms. The van der Waals surface area contributed by atoms with E-state index in [4.69, 9.17) is 14.1 Å². The molecule has 10 heteroatoms. The maximum Gasteiger partial charge on any atom is 0.289 e. The smallest absolute Gasteiger partial charge is 0.289 e. The lowest BCUT2D eigenvalue weighted by atomic mass is 9.94.